The van der Waals surface area contributed by atoms with Crippen molar-refractivity contribution in [1.82, 2.24) is 21.0 Å². The van der Waals surface area contributed by atoms with Crippen molar-refractivity contribution in [3.05, 3.63) is 0 Å². The number of hydrogen-bond donors (Lipinski definition) is 2. The maximum atomic E-state index is 11.4. The third-order valence-corrected chi connectivity index (χ3v) is 2.28. The molecule has 1 aliphatic heterocycles. The van der Waals surface area contributed by atoms with Crippen molar-refractivity contribution in [2.75, 3.05) is 53.6 Å². The minimum Gasteiger partial charge on any atom is -0.378 e. The van der Waals surface area contributed by atoms with Crippen LogP contribution in [0.3, 0.4) is 0 Å². The zero-order chi connectivity index (χ0) is 14.5. The van der Waals surface area contributed by atoms with Crippen LogP contribution in [0, 0.1) is 0 Å². The molecule has 1 amide bonds. The summed E-state index contributed by atoms with van der Waals surface area (Å²) in [6.07, 6.45) is -0.454. The summed E-state index contributed by atoms with van der Waals surface area (Å²) in [5, 5.41) is 4.00. The van der Waals surface area contributed by atoms with Gasteiger partial charge in [0.15, 0.2) is 0 Å². The van der Waals surface area contributed by atoms with Crippen molar-refractivity contribution in [3.63, 3.8) is 0 Å². The second-order valence-corrected chi connectivity index (χ2v) is 3.58. The molecule has 1 rings (SSSR count). The highest BCUT2D eigenvalue weighted by Crippen LogP contribution is 2.00. The SMILES string of the molecule is CCNCC.CNN(OC)OC(=O)N1CCOCC1. The number of nitrogens with one attached hydrogen (secondary N) is 2. The van der Waals surface area contributed by atoms with Crippen LogP contribution >= 0.6 is 0 Å². The molecule has 0 atom stereocenters. The second-order valence-electron chi connectivity index (χ2n) is 3.58. The summed E-state index contributed by atoms with van der Waals surface area (Å²) in [5.41, 5.74) is 2.53. The molecule has 1 saturated heterocycles. The summed E-state index contributed by atoms with van der Waals surface area (Å²) in [7, 11) is 2.97. The summed E-state index contributed by atoms with van der Waals surface area (Å²) in [4.78, 5) is 22.5. The van der Waals surface area contributed by atoms with Crippen molar-refractivity contribution in [3.8, 4) is 0 Å². The van der Waals surface area contributed by atoms with Gasteiger partial charge in [-0.1, -0.05) is 13.8 Å². The Balaban J connectivity index is 0.000000555. The molecule has 1 heterocycles. The summed E-state index contributed by atoms with van der Waals surface area (Å²) in [6, 6.07) is 0. The monoisotopic (exact) mass is 278 g/mol. The van der Waals surface area contributed by atoms with Gasteiger partial charge in [0.25, 0.3) is 0 Å². The van der Waals surface area contributed by atoms with E-state index in [1.54, 1.807) is 11.9 Å². The van der Waals surface area contributed by atoms with Crippen molar-refractivity contribution in [1.29, 1.82) is 0 Å². The molecule has 0 radical (unpaired) electrons. The van der Waals surface area contributed by atoms with Crippen LogP contribution in [0.5, 0.6) is 0 Å². The molecule has 0 aliphatic carbocycles. The van der Waals surface area contributed by atoms with Crippen LogP contribution in [0.15, 0.2) is 0 Å². The van der Waals surface area contributed by atoms with Crippen molar-refractivity contribution in [2.24, 2.45) is 0 Å². The third-order valence-electron chi connectivity index (χ3n) is 2.28. The minimum atomic E-state index is -0.454. The van der Waals surface area contributed by atoms with Crippen LogP contribution in [-0.2, 0) is 14.4 Å². The molecule has 8 nitrogen and oxygen atoms in total. The van der Waals surface area contributed by atoms with E-state index >= 15 is 0 Å². The number of carbonyl (C=O) groups excluding carboxylic acids is 1. The van der Waals surface area contributed by atoms with Crippen LogP contribution in [-0.4, -0.2) is 69.9 Å². The van der Waals surface area contributed by atoms with Crippen molar-refractivity contribution >= 4 is 6.09 Å². The molecule has 0 aromatic rings. The molecule has 0 spiro atoms. The first kappa shape index (κ1) is 18.1. The molecule has 0 unspecified atom stereocenters. The number of ether oxygens (including phenoxy) is 1. The molecule has 1 fully saturated rings. The zero-order valence-corrected chi connectivity index (χ0v) is 12.3. The summed E-state index contributed by atoms with van der Waals surface area (Å²) < 4.78 is 5.10. The predicted octanol–water partition coefficient (Wildman–Crippen LogP) is -0.0162. The fourth-order valence-electron chi connectivity index (χ4n) is 1.30. The van der Waals surface area contributed by atoms with Crippen molar-refractivity contribution < 1.29 is 19.2 Å². The fraction of sp³-hybridized carbons (Fsp3) is 0.909. The van der Waals surface area contributed by atoms with Crippen LogP contribution < -0.4 is 10.7 Å². The van der Waals surface area contributed by atoms with Gasteiger partial charge in [-0.15, -0.1) is 0 Å². The molecule has 114 valence electrons. The molecule has 0 aromatic heterocycles. The molecule has 0 bridgehead atoms. The third kappa shape index (κ3) is 8.73. The van der Waals surface area contributed by atoms with E-state index < -0.39 is 6.09 Å². The van der Waals surface area contributed by atoms with Crippen molar-refractivity contribution in [2.45, 2.75) is 13.8 Å². The standard InChI is InChI=1S/C7H15N3O4.C4H11N/c1-8-10(12-2)14-7(11)9-3-5-13-6-4-9;1-3-5-4-2/h8H,3-6H2,1-2H3;5H,3-4H2,1-2H3. The van der Waals surface area contributed by atoms with Gasteiger partial charge in [0, 0.05) is 20.1 Å². The lowest BCUT2D eigenvalue weighted by molar-refractivity contribution is -0.352. The average molecular weight is 278 g/mol. The van der Waals surface area contributed by atoms with Gasteiger partial charge in [-0.3, -0.25) is 4.84 Å². The quantitative estimate of drug-likeness (QED) is 0.685. The Morgan fingerprint density at radius 1 is 1.32 bits per heavy atom. The lowest BCUT2D eigenvalue weighted by atomic mass is 10.5. The van der Waals surface area contributed by atoms with E-state index in [2.05, 4.69) is 29.4 Å². The Hall–Kier alpha value is -0.930. The molecule has 19 heavy (non-hydrogen) atoms. The number of nitrogens with zero attached hydrogens (tertiary/aromatic N) is 2. The molecular weight excluding hydrogens is 252 g/mol. The van der Waals surface area contributed by atoms with E-state index in [9.17, 15) is 4.79 Å². The minimum absolute atomic E-state index is 0.454. The number of rotatable bonds is 5. The van der Waals surface area contributed by atoms with E-state index in [1.165, 1.54) is 7.11 Å². The fourth-order valence-corrected chi connectivity index (χ4v) is 1.30. The van der Waals surface area contributed by atoms with E-state index in [1.807, 2.05) is 0 Å². The molecule has 0 saturated carbocycles. The van der Waals surface area contributed by atoms with Gasteiger partial charge in [-0.05, 0) is 13.1 Å². The first-order chi connectivity index (χ1) is 9.19. The largest absolute Gasteiger partial charge is 0.432 e. The number of carbonyl (C=O) groups is 1. The maximum Gasteiger partial charge on any atom is 0.432 e. The van der Waals surface area contributed by atoms with Crippen LogP contribution in [0.25, 0.3) is 0 Å². The Morgan fingerprint density at radius 3 is 2.26 bits per heavy atom. The Labute approximate surface area is 114 Å². The lowest BCUT2D eigenvalue weighted by Gasteiger charge is -2.27. The van der Waals surface area contributed by atoms with E-state index in [0.29, 0.717) is 26.3 Å². The smallest absolute Gasteiger partial charge is 0.378 e. The summed E-state index contributed by atoms with van der Waals surface area (Å²) in [6.45, 7) is 8.56. The van der Waals surface area contributed by atoms with Gasteiger partial charge in [-0.25, -0.2) is 4.79 Å². The zero-order valence-electron chi connectivity index (χ0n) is 12.3. The van der Waals surface area contributed by atoms with Gasteiger partial charge >= 0.3 is 6.09 Å². The molecule has 0 aromatic carbocycles. The van der Waals surface area contributed by atoms with E-state index in [4.69, 9.17) is 9.57 Å². The van der Waals surface area contributed by atoms with Gasteiger partial charge < -0.3 is 19.8 Å². The van der Waals surface area contributed by atoms with Crippen LogP contribution in [0.1, 0.15) is 13.8 Å². The predicted molar refractivity (Wildman–Crippen MR) is 71.0 cm³/mol. The highest BCUT2D eigenvalue weighted by atomic mass is 17.0. The lowest BCUT2D eigenvalue weighted by Crippen LogP contribution is -2.45. The Morgan fingerprint density at radius 2 is 1.89 bits per heavy atom. The van der Waals surface area contributed by atoms with Gasteiger partial charge in [0.1, 0.15) is 0 Å². The Kier molecular flexibility index (Phi) is 11.5. The highest BCUT2D eigenvalue weighted by Gasteiger charge is 2.20. The Bertz CT molecular complexity index is 219. The molecular formula is C11H26N4O4. The van der Waals surface area contributed by atoms with Gasteiger partial charge in [0.05, 0.1) is 25.7 Å². The first-order valence-corrected chi connectivity index (χ1v) is 6.46. The topological polar surface area (TPSA) is 75.3 Å². The average Bonchev–Trinajstić information content (AvgIpc) is 2.47. The van der Waals surface area contributed by atoms with Crippen LogP contribution in [0.2, 0.25) is 0 Å². The maximum absolute atomic E-state index is 11.4. The summed E-state index contributed by atoms with van der Waals surface area (Å²) >= 11 is 0. The normalized spacial score (nSPS) is 14.9. The van der Waals surface area contributed by atoms with Gasteiger partial charge in [0.2, 0.25) is 0 Å². The number of morpholine rings is 1. The van der Waals surface area contributed by atoms with E-state index in [-0.39, 0.29) is 0 Å². The molecule has 2 N–H and O–H groups in total. The first-order valence-electron chi connectivity index (χ1n) is 6.46. The second kappa shape index (κ2) is 12.1. The molecule has 1 aliphatic rings. The molecule has 8 heteroatoms. The highest BCUT2D eigenvalue weighted by molar-refractivity contribution is 5.67. The van der Waals surface area contributed by atoms with Crippen LogP contribution in [0.4, 0.5) is 4.79 Å². The van der Waals surface area contributed by atoms with Gasteiger partial charge in [-0.2, -0.15) is 5.43 Å². The van der Waals surface area contributed by atoms with E-state index in [0.717, 1.165) is 18.4 Å². The number of hydrazine groups is 1. The number of amides is 1. The summed E-state index contributed by atoms with van der Waals surface area (Å²) in [5.74, 6) is 0. The number of hydrogen-bond acceptors (Lipinski definition) is 7.